The highest BCUT2D eigenvalue weighted by atomic mass is 79.9. The first-order chi connectivity index (χ1) is 7.16. The standard InChI is InChI=1S/C14H13Br/c1-10-4-3-5-12(8-10)13-9-11(2)6-7-14(13)15/h3-9H,1-2H3. The predicted molar refractivity (Wildman–Crippen MR) is 69.1 cm³/mol. The molecule has 2 aromatic rings. The highest BCUT2D eigenvalue weighted by Crippen LogP contribution is 2.29. The number of aryl methyl sites for hydroxylation is 2. The number of hydrogen-bond donors (Lipinski definition) is 0. The lowest BCUT2D eigenvalue weighted by Crippen LogP contribution is -1.82. The van der Waals surface area contributed by atoms with Gasteiger partial charge in [-0.15, -0.1) is 0 Å². The lowest BCUT2D eigenvalue weighted by molar-refractivity contribution is 1.43. The Hall–Kier alpha value is -1.08. The third kappa shape index (κ3) is 2.29. The van der Waals surface area contributed by atoms with E-state index in [1.807, 2.05) is 0 Å². The Morgan fingerprint density at radius 1 is 0.867 bits per heavy atom. The zero-order valence-corrected chi connectivity index (χ0v) is 10.5. The van der Waals surface area contributed by atoms with Crippen molar-refractivity contribution < 1.29 is 0 Å². The molecule has 0 unspecified atom stereocenters. The van der Waals surface area contributed by atoms with Gasteiger partial charge < -0.3 is 0 Å². The van der Waals surface area contributed by atoms with Crippen LogP contribution in [0.15, 0.2) is 46.9 Å². The lowest BCUT2D eigenvalue weighted by Gasteiger charge is -2.06. The summed E-state index contributed by atoms with van der Waals surface area (Å²) >= 11 is 3.59. The van der Waals surface area contributed by atoms with Crippen LogP contribution in [0.4, 0.5) is 0 Å². The second kappa shape index (κ2) is 4.19. The van der Waals surface area contributed by atoms with E-state index < -0.39 is 0 Å². The van der Waals surface area contributed by atoms with E-state index in [2.05, 4.69) is 72.2 Å². The van der Waals surface area contributed by atoms with Gasteiger partial charge in [0.1, 0.15) is 0 Å². The fraction of sp³-hybridized carbons (Fsp3) is 0.143. The van der Waals surface area contributed by atoms with Gasteiger partial charge in [0.05, 0.1) is 0 Å². The van der Waals surface area contributed by atoms with E-state index in [9.17, 15) is 0 Å². The van der Waals surface area contributed by atoms with Crippen molar-refractivity contribution in [2.24, 2.45) is 0 Å². The molecule has 15 heavy (non-hydrogen) atoms. The van der Waals surface area contributed by atoms with Gasteiger partial charge in [-0.3, -0.25) is 0 Å². The maximum Gasteiger partial charge on any atom is 0.0253 e. The van der Waals surface area contributed by atoms with Crippen molar-refractivity contribution in [2.75, 3.05) is 0 Å². The minimum atomic E-state index is 1.15. The fourth-order valence-electron chi connectivity index (χ4n) is 1.67. The largest absolute Gasteiger partial charge is 0.0614 e. The second-order valence-electron chi connectivity index (χ2n) is 3.85. The van der Waals surface area contributed by atoms with Crippen LogP contribution >= 0.6 is 15.9 Å². The summed E-state index contributed by atoms with van der Waals surface area (Å²) in [6.07, 6.45) is 0. The molecular formula is C14H13Br. The Morgan fingerprint density at radius 3 is 2.33 bits per heavy atom. The molecule has 0 saturated carbocycles. The molecule has 0 amide bonds. The lowest BCUT2D eigenvalue weighted by atomic mass is 10.0. The Bertz CT molecular complexity index is 486. The zero-order chi connectivity index (χ0) is 10.8. The van der Waals surface area contributed by atoms with Crippen LogP contribution in [0.25, 0.3) is 11.1 Å². The van der Waals surface area contributed by atoms with E-state index in [-0.39, 0.29) is 0 Å². The highest BCUT2D eigenvalue weighted by Gasteiger charge is 2.02. The van der Waals surface area contributed by atoms with Crippen molar-refractivity contribution in [1.29, 1.82) is 0 Å². The van der Waals surface area contributed by atoms with Crippen LogP contribution in [-0.4, -0.2) is 0 Å². The monoisotopic (exact) mass is 260 g/mol. The van der Waals surface area contributed by atoms with Crippen molar-refractivity contribution in [3.63, 3.8) is 0 Å². The van der Waals surface area contributed by atoms with E-state index in [1.165, 1.54) is 22.3 Å². The minimum absolute atomic E-state index is 1.15. The molecule has 0 aliphatic rings. The normalized spacial score (nSPS) is 10.3. The number of hydrogen-bond acceptors (Lipinski definition) is 0. The molecule has 0 saturated heterocycles. The summed E-state index contributed by atoms with van der Waals surface area (Å²) in [7, 11) is 0. The molecule has 2 rings (SSSR count). The van der Waals surface area contributed by atoms with Crippen LogP contribution in [0, 0.1) is 13.8 Å². The van der Waals surface area contributed by atoms with Crippen molar-refractivity contribution in [1.82, 2.24) is 0 Å². The molecule has 0 aliphatic carbocycles. The Balaban J connectivity index is 2.58. The third-order valence-electron chi connectivity index (χ3n) is 2.45. The van der Waals surface area contributed by atoms with Gasteiger partial charge in [0, 0.05) is 4.47 Å². The Labute approximate surface area is 99.1 Å². The number of halogens is 1. The molecule has 0 fully saturated rings. The van der Waals surface area contributed by atoms with E-state index in [4.69, 9.17) is 0 Å². The summed E-state index contributed by atoms with van der Waals surface area (Å²) < 4.78 is 1.15. The maximum absolute atomic E-state index is 3.59. The predicted octanol–water partition coefficient (Wildman–Crippen LogP) is 4.73. The maximum atomic E-state index is 3.59. The second-order valence-corrected chi connectivity index (χ2v) is 4.71. The van der Waals surface area contributed by atoms with Crippen LogP contribution in [0.2, 0.25) is 0 Å². The van der Waals surface area contributed by atoms with E-state index in [0.29, 0.717) is 0 Å². The highest BCUT2D eigenvalue weighted by molar-refractivity contribution is 9.10. The van der Waals surface area contributed by atoms with Gasteiger partial charge in [0.25, 0.3) is 0 Å². The smallest absolute Gasteiger partial charge is 0.0253 e. The van der Waals surface area contributed by atoms with E-state index >= 15 is 0 Å². The van der Waals surface area contributed by atoms with Gasteiger partial charge in [-0.2, -0.15) is 0 Å². The van der Waals surface area contributed by atoms with Gasteiger partial charge in [-0.1, -0.05) is 63.5 Å². The van der Waals surface area contributed by atoms with E-state index in [1.54, 1.807) is 0 Å². The Morgan fingerprint density at radius 2 is 1.60 bits per heavy atom. The van der Waals surface area contributed by atoms with E-state index in [0.717, 1.165) is 4.47 Å². The van der Waals surface area contributed by atoms with Crippen molar-refractivity contribution in [3.8, 4) is 11.1 Å². The summed E-state index contributed by atoms with van der Waals surface area (Å²) in [6, 6.07) is 15.0. The zero-order valence-electron chi connectivity index (χ0n) is 8.92. The van der Waals surface area contributed by atoms with Crippen LogP contribution in [0.3, 0.4) is 0 Å². The first-order valence-corrected chi connectivity index (χ1v) is 5.79. The Kier molecular flexibility index (Phi) is 2.92. The van der Waals surface area contributed by atoms with Gasteiger partial charge >= 0.3 is 0 Å². The average Bonchev–Trinajstić information content (AvgIpc) is 2.22. The summed E-state index contributed by atoms with van der Waals surface area (Å²) in [5, 5.41) is 0. The summed E-state index contributed by atoms with van der Waals surface area (Å²) in [5.74, 6) is 0. The SMILES string of the molecule is Cc1cccc(-c2cc(C)ccc2Br)c1. The summed E-state index contributed by atoms with van der Waals surface area (Å²) in [4.78, 5) is 0. The molecular weight excluding hydrogens is 248 g/mol. The fourth-order valence-corrected chi connectivity index (χ4v) is 2.15. The van der Waals surface area contributed by atoms with Gasteiger partial charge in [0.2, 0.25) is 0 Å². The molecule has 1 heteroatoms. The van der Waals surface area contributed by atoms with Crippen molar-refractivity contribution >= 4 is 15.9 Å². The first-order valence-electron chi connectivity index (χ1n) is 5.00. The number of benzene rings is 2. The van der Waals surface area contributed by atoms with Crippen LogP contribution in [-0.2, 0) is 0 Å². The molecule has 0 atom stereocenters. The average molecular weight is 261 g/mol. The molecule has 0 radical (unpaired) electrons. The molecule has 0 aromatic heterocycles. The summed E-state index contributed by atoms with van der Waals surface area (Å²) in [5.41, 5.74) is 5.11. The van der Waals surface area contributed by atoms with Crippen LogP contribution in [0.1, 0.15) is 11.1 Å². The summed E-state index contributed by atoms with van der Waals surface area (Å²) in [6.45, 7) is 4.24. The first kappa shape index (κ1) is 10.4. The third-order valence-corrected chi connectivity index (χ3v) is 3.14. The molecule has 0 heterocycles. The van der Waals surface area contributed by atoms with Gasteiger partial charge in [-0.25, -0.2) is 0 Å². The molecule has 0 N–H and O–H groups in total. The molecule has 0 aliphatic heterocycles. The van der Waals surface area contributed by atoms with Crippen LogP contribution in [0.5, 0.6) is 0 Å². The minimum Gasteiger partial charge on any atom is -0.0614 e. The molecule has 0 bridgehead atoms. The van der Waals surface area contributed by atoms with Gasteiger partial charge in [-0.05, 0) is 31.0 Å². The van der Waals surface area contributed by atoms with Crippen molar-refractivity contribution in [2.45, 2.75) is 13.8 Å². The van der Waals surface area contributed by atoms with Crippen LogP contribution < -0.4 is 0 Å². The quantitative estimate of drug-likeness (QED) is 0.696. The topological polar surface area (TPSA) is 0 Å². The van der Waals surface area contributed by atoms with Crippen molar-refractivity contribution in [3.05, 3.63) is 58.1 Å². The molecule has 76 valence electrons. The van der Waals surface area contributed by atoms with Gasteiger partial charge in [0.15, 0.2) is 0 Å². The number of rotatable bonds is 1. The molecule has 0 spiro atoms. The molecule has 0 nitrogen and oxygen atoms in total. The molecule has 2 aromatic carbocycles.